The number of carboxylic acid groups (broad SMARTS) is 1. The summed E-state index contributed by atoms with van der Waals surface area (Å²) in [4.78, 5) is 39.4. The SMILES string of the molecule is CCC(CC)c1cc(C2CN3CCC2CC3CNC(=O)CSCC(=O)O)nc(-c2ccncc2)n1. The third-order valence-corrected chi connectivity index (χ3v) is 8.28. The molecule has 4 atom stereocenters. The maximum Gasteiger partial charge on any atom is 0.313 e. The standard InChI is InChI=1S/C26H35N5O3S/c1-3-17(4-2)22-12-23(30-26(29-22)18-5-8-27-9-6-18)21-14-31-10-7-19(21)11-20(31)13-28-24(32)15-35-16-25(33)34/h5-6,8-9,12,17,19-21H,3-4,7,10-11,13-16H2,1-2H3,(H,28,32)(H,33,34). The van der Waals surface area contributed by atoms with Crippen molar-refractivity contribution in [2.24, 2.45) is 5.92 Å². The van der Waals surface area contributed by atoms with Gasteiger partial charge in [0.25, 0.3) is 0 Å². The molecule has 3 aliphatic heterocycles. The monoisotopic (exact) mass is 497 g/mol. The number of rotatable bonds is 11. The van der Waals surface area contributed by atoms with E-state index in [0.717, 1.165) is 73.3 Å². The molecule has 3 aliphatic rings. The Kier molecular flexibility index (Phi) is 8.73. The molecule has 35 heavy (non-hydrogen) atoms. The molecule has 2 bridgehead atoms. The number of carboxylic acids is 1. The number of thioether (sulfide) groups is 1. The Morgan fingerprint density at radius 1 is 1.20 bits per heavy atom. The van der Waals surface area contributed by atoms with Gasteiger partial charge in [0.1, 0.15) is 0 Å². The molecule has 5 rings (SSSR count). The topological polar surface area (TPSA) is 108 Å². The molecule has 3 fully saturated rings. The van der Waals surface area contributed by atoms with Crippen molar-refractivity contribution in [3.63, 3.8) is 0 Å². The van der Waals surface area contributed by atoms with E-state index in [-0.39, 0.29) is 17.4 Å². The maximum atomic E-state index is 12.1. The molecule has 0 saturated carbocycles. The zero-order valence-electron chi connectivity index (χ0n) is 20.5. The fourth-order valence-corrected chi connectivity index (χ4v) is 5.99. The maximum absolute atomic E-state index is 12.1. The second-order valence-electron chi connectivity index (χ2n) is 9.52. The number of carbonyl (C=O) groups excluding carboxylic acids is 1. The van der Waals surface area contributed by atoms with Crippen LogP contribution in [0, 0.1) is 5.92 Å². The number of aromatic nitrogens is 3. The minimum atomic E-state index is -0.895. The van der Waals surface area contributed by atoms with Crippen LogP contribution < -0.4 is 5.32 Å². The highest BCUT2D eigenvalue weighted by atomic mass is 32.2. The van der Waals surface area contributed by atoms with Crippen LogP contribution in [-0.2, 0) is 9.59 Å². The van der Waals surface area contributed by atoms with Crippen molar-refractivity contribution in [3.05, 3.63) is 42.0 Å². The smallest absolute Gasteiger partial charge is 0.313 e. The zero-order chi connectivity index (χ0) is 24.8. The van der Waals surface area contributed by atoms with Crippen molar-refractivity contribution in [1.82, 2.24) is 25.2 Å². The van der Waals surface area contributed by atoms with Crippen LogP contribution in [0.25, 0.3) is 11.4 Å². The van der Waals surface area contributed by atoms with Crippen molar-refractivity contribution >= 4 is 23.6 Å². The van der Waals surface area contributed by atoms with Crippen molar-refractivity contribution < 1.29 is 14.7 Å². The highest BCUT2D eigenvalue weighted by Crippen LogP contribution is 2.42. The van der Waals surface area contributed by atoms with Gasteiger partial charge in [-0.15, -0.1) is 11.8 Å². The lowest BCUT2D eigenvalue weighted by atomic mass is 9.74. The van der Waals surface area contributed by atoms with Gasteiger partial charge >= 0.3 is 5.97 Å². The first-order valence-corrected chi connectivity index (χ1v) is 13.7. The minimum Gasteiger partial charge on any atom is -0.481 e. The van der Waals surface area contributed by atoms with Gasteiger partial charge < -0.3 is 10.4 Å². The van der Waals surface area contributed by atoms with E-state index in [1.807, 2.05) is 12.1 Å². The van der Waals surface area contributed by atoms with Crippen LogP contribution in [0.3, 0.4) is 0 Å². The highest BCUT2D eigenvalue weighted by Gasteiger charge is 2.41. The number of nitrogens with zero attached hydrogens (tertiary/aromatic N) is 4. The van der Waals surface area contributed by atoms with Crippen LogP contribution in [0.15, 0.2) is 30.6 Å². The van der Waals surface area contributed by atoms with E-state index in [1.165, 1.54) is 0 Å². The molecular weight excluding hydrogens is 462 g/mol. The molecule has 8 nitrogen and oxygen atoms in total. The van der Waals surface area contributed by atoms with Crippen LogP contribution in [0.2, 0.25) is 0 Å². The second kappa shape index (κ2) is 11.9. The van der Waals surface area contributed by atoms with Gasteiger partial charge in [-0.1, -0.05) is 13.8 Å². The summed E-state index contributed by atoms with van der Waals surface area (Å²) in [5.41, 5.74) is 3.26. The molecule has 0 spiro atoms. The molecule has 9 heteroatoms. The molecular formula is C26H35N5O3S. The largest absolute Gasteiger partial charge is 0.481 e. The molecule has 2 aromatic heterocycles. The minimum absolute atomic E-state index is 0.0496. The number of hydrogen-bond donors (Lipinski definition) is 2. The molecule has 0 radical (unpaired) electrons. The van der Waals surface area contributed by atoms with Gasteiger partial charge in [-0.3, -0.25) is 19.5 Å². The number of fused-ring (bicyclic) bond motifs is 3. The predicted octanol–water partition coefficient (Wildman–Crippen LogP) is 3.55. The number of aliphatic carboxylic acids is 1. The van der Waals surface area contributed by atoms with Gasteiger partial charge in [0.15, 0.2) is 5.82 Å². The number of amides is 1. The number of hydrogen-bond acceptors (Lipinski definition) is 7. The summed E-state index contributed by atoms with van der Waals surface area (Å²) in [5, 5.41) is 11.7. The van der Waals surface area contributed by atoms with Crippen molar-refractivity contribution in [2.75, 3.05) is 31.1 Å². The van der Waals surface area contributed by atoms with Crippen LogP contribution >= 0.6 is 11.8 Å². The molecule has 188 valence electrons. The summed E-state index contributed by atoms with van der Waals surface area (Å²) >= 11 is 1.13. The summed E-state index contributed by atoms with van der Waals surface area (Å²) in [6.07, 6.45) is 7.84. The third-order valence-electron chi connectivity index (χ3n) is 7.36. The first-order chi connectivity index (χ1) is 17.0. The summed E-state index contributed by atoms with van der Waals surface area (Å²) in [6.45, 7) is 7.02. The first-order valence-electron chi connectivity index (χ1n) is 12.6. The molecule has 3 saturated heterocycles. The van der Waals surface area contributed by atoms with Gasteiger partial charge in [-0.2, -0.15) is 0 Å². The zero-order valence-corrected chi connectivity index (χ0v) is 21.3. The molecule has 0 aromatic carbocycles. The van der Waals surface area contributed by atoms with E-state index in [2.05, 4.69) is 35.1 Å². The fourth-order valence-electron chi connectivity index (χ4n) is 5.42. The number of carbonyl (C=O) groups is 2. The van der Waals surface area contributed by atoms with Crippen molar-refractivity contribution in [3.8, 4) is 11.4 Å². The number of nitrogens with one attached hydrogen (secondary N) is 1. The average molecular weight is 498 g/mol. The molecule has 0 aliphatic carbocycles. The second-order valence-corrected chi connectivity index (χ2v) is 10.5. The van der Waals surface area contributed by atoms with Crippen molar-refractivity contribution in [2.45, 2.75) is 57.4 Å². The Balaban J connectivity index is 1.47. The lowest BCUT2D eigenvalue weighted by Crippen LogP contribution is -2.56. The Labute approximate surface area is 211 Å². The van der Waals surface area contributed by atoms with Gasteiger partial charge in [-0.25, -0.2) is 9.97 Å². The molecule has 2 N–H and O–H groups in total. The van der Waals surface area contributed by atoms with Crippen LogP contribution in [-0.4, -0.2) is 74.0 Å². The lowest BCUT2D eigenvalue weighted by molar-refractivity contribution is -0.133. The molecule has 1 amide bonds. The van der Waals surface area contributed by atoms with Crippen LogP contribution in [0.4, 0.5) is 0 Å². The summed E-state index contributed by atoms with van der Waals surface area (Å²) < 4.78 is 0. The summed E-state index contributed by atoms with van der Waals surface area (Å²) in [7, 11) is 0. The average Bonchev–Trinajstić information content (AvgIpc) is 2.88. The van der Waals surface area contributed by atoms with Crippen molar-refractivity contribution in [1.29, 1.82) is 0 Å². The Hall–Kier alpha value is -2.52. The first kappa shape index (κ1) is 25.6. The Morgan fingerprint density at radius 3 is 2.63 bits per heavy atom. The van der Waals surface area contributed by atoms with Gasteiger partial charge in [0.05, 0.1) is 11.5 Å². The predicted molar refractivity (Wildman–Crippen MR) is 137 cm³/mol. The lowest BCUT2D eigenvalue weighted by Gasteiger charge is -2.49. The normalized spacial score (nSPS) is 23.4. The van der Waals surface area contributed by atoms with Gasteiger partial charge in [-0.05, 0) is 56.3 Å². The van der Waals surface area contributed by atoms with Gasteiger partial charge in [0, 0.05) is 60.3 Å². The van der Waals surface area contributed by atoms with E-state index in [4.69, 9.17) is 15.1 Å². The van der Waals surface area contributed by atoms with E-state index in [9.17, 15) is 9.59 Å². The van der Waals surface area contributed by atoms with E-state index in [0.29, 0.717) is 30.3 Å². The van der Waals surface area contributed by atoms with Gasteiger partial charge in [0.2, 0.25) is 5.91 Å². The number of piperidine rings is 3. The Morgan fingerprint density at radius 2 is 1.97 bits per heavy atom. The van der Waals surface area contributed by atoms with Crippen LogP contribution in [0.5, 0.6) is 0 Å². The Bertz CT molecular complexity index is 1020. The molecule has 5 heterocycles. The van der Waals surface area contributed by atoms with E-state index in [1.54, 1.807) is 12.4 Å². The van der Waals surface area contributed by atoms with E-state index >= 15 is 0 Å². The third kappa shape index (κ3) is 6.38. The van der Waals surface area contributed by atoms with E-state index < -0.39 is 5.97 Å². The summed E-state index contributed by atoms with van der Waals surface area (Å²) in [5.74, 6) is 1.23. The fraction of sp³-hybridized carbons (Fsp3) is 0.577. The highest BCUT2D eigenvalue weighted by molar-refractivity contribution is 8.00. The quantitative estimate of drug-likeness (QED) is 0.485. The van der Waals surface area contributed by atoms with Crippen LogP contribution in [0.1, 0.15) is 62.8 Å². The molecule has 4 unspecified atom stereocenters. The summed E-state index contributed by atoms with van der Waals surface area (Å²) in [6, 6.07) is 6.50. The molecule has 2 aromatic rings. The number of pyridine rings is 1.